The Bertz CT molecular complexity index is 940. The first-order chi connectivity index (χ1) is 13.0. The highest BCUT2D eigenvalue weighted by molar-refractivity contribution is 7.18. The molecule has 0 unspecified atom stereocenters. The average molecular weight is 386 g/mol. The molecule has 3 rings (SSSR count). The van der Waals surface area contributed by atoms with E-state index in [2.05, 4.69) is 10.6 Å². The molecule has 0 radical (unpaired) electrons. The molecule has 0 fully saturated rings. The van der Waals surface area contributed by atoms with Gasteiger partial charge in [-0.1, -0.05) is 0 Å². The average Bonchev–Trinajstić information content (AvgIpc) is 3.31. The van der Waals surface area contributed by atoms with Crippen molar-refractivity contribution in [1.82, 2.24) is 0 Å². The lowest BCUT2D eigenvalue weighted by atomic mass is 10.2. The normalized spacial score (nSPS) is 10.3. The third-order valence-electron chi connectivity index (χ3n) is 3.72. The van der Waals surface area contributed by atoms with Gasteiger partial charge in [-0.3, -0.25) is 9.59 Å². The zero-order valence-electron chi connectivity index (χ0n) is 15.0. The second-order valence-corrected chi connectivity index (χ2v) is 6.66. The van der Waals surface area contributed by atoms with Gasteiger partial charge in [0, 0.05) is 23.9 Å². The van der Waals surface area contributed by atoms with Gasteiger partial charge >= 0.3 is 0 Å². The van der Waals surface area contributed by atoms with Gasteiger partial charge in [0.15, 0.2) is 5.76 Å². The number of nitrogens with one attached hydrogen (secondary N) is 2. The van der Waals surface area contributed by atoms with Crippen LogP contribution < -0.4 is 20.1 Å². The van der Waals surface area contributed by atoms with Gasteiger partial charge in [0.2, 0.25) is 0 Å². The summed E-state index contributed by atoms with van der Waals surface area (Å²) in [4.78, 5) is 25.2. The van der Waals surface area contributed by atoms with Crippen LogP contribution in [0, 0.1) is 6.92 Å². The number of amides is 2. The number of carbonyl (C=O) groups excluding carboxylic acids is 2. The maximum Gasteiger partial charge on any atom is 0.291 e. The summed E-state index contributed by atoms with van der Waals surface area (Å²) < 4.78 is 15.5. The fraction of sp³-hybridized carbons (Fsp3) is 0.158. The number of aryl methyl sites for hydroxylation is 1. The molecule has 0 spiro atoms. The van der Waals surface area contributed by atoms with Gasteiger partial charge in [0.1, 0.15) is 11.5 Å². The summed E-state index contributed by atoms with van der Waals surface area (Å²) in [6, 6.07) is 10.1. The highest BCUT2D eigenvalue weighted by atomic mass is 32.1. The van der Waals surface area contributed by atoms with E-state index in [0.717, 1.165) is 5.56 Å². The molecule has 2 N–H and O–H groups in total. The number of anilines is 2. The van der Waals surface area contributed by atoms with Gasteiger partial charge < -0.3 is 24.5 Å². The SMILES string of the molecule is COc1cc(NC(=O)c2sc(NC(=O)c3ccco3)cc2C)cc(OC)c1. The highest BCUT2D eigenvalue weighted by Gasteiger charge is 2.17. The maximum atomic E-state index is 12.6. The molecular formula is C19H18N2O5S. The van der Waals surface area contributed by atoms with Gasteiger partial charge in [-0.15, -0.1) is 11.3 Å². The molecule has 0 atom stereocenters. The zero-order chi connectivity index (χ0) is 19.4. The van der Waals surface area contributed by atoms with Crippen LogP contribution in [0.4, 0.5) is 10.7 Å². The first kappa shape index (κ1) is 18.5. The van der Waals surface area contributed by atoms with Crippen LogP contribution in [-0.4, -0.2) is 26.0 Å². The van der Waals surface area contributed by atoms with E-state index >= 15 is 0 Å². The van der Waals surface area contributed by atoms with Crippen molar-refractivity contribution in [3.63, 3.8) is 0 Å². The number of methoxy groups -OCH3 is 2. The van der Waals surface area contributed by atoms with Crippen molar-refractivity contribution in [3.05, 3.63) is 58.9 Å². The van der Waals surface area contributed by atoms with Gasteiger partial charge in [0.05, 0.1) is 30.4 Å². The van der Waals surface area contributed by atoms with Crippen molar-refractivity contribution in [2.24, 2.45) is 0 Å². The molecule has 2 aromatic heterocycles. The maximum absolute atomic E-state index is 12.6. The summed E-state index contributed by atoms with van der Waals surface area (Å²) in [6.07, 6.45) is 1.43. The standard InChI is InChI=1S/C19H18N2O5S/c1-11-7-16(21-18(22)15-5-4-6-26-15)27-17(11)19(23)20-12-8-13(24-2)10-14(9-12)25-3/h4-10H,1-3H3,(H,20,23)(H,21,22). The molecule has 0 bridgehead atoms. The molecule has 1 aromatic carbocycles. The quantitative estimate of drug-likeness (QED) is 0.664. The monoisotopic (exact) mass is 386 g/mol. The second kappa shape index (κ2) is 7.96. The van der Waals surface area contributed by atoms with Gasteiger partial charge in [-0.05, 0) is 30.7 Å². The lowest BCUT2D eigenvalue weighted by molar-refractivity contribution is 0.0995. The van der Waals surface area contributed by atoms with Crippen molar-refractivity contribution in [1.29, 1.82) is 0 Å². The van der Waals surface area contributed by atoms with Gasteiger partial charge in [-0.2, -0.15) is 0 Å². The molecule has 140 valence electrons. The minimum atomic E-state index is -0.370. The van der Waals surface area contributed by atoms with Crippen molar-refractivity contribution in [3.8, 4) is 11.5 Å². The smallest absolute Gasteiger partial charge is 0.291 e. The molecule has 0 saturated carbocycles. The number of hydrogen-bond donors (Lipinski definition) is 2. The number of ether oxygens (including phenoxy) is 2. The Balaban J connectivity index is 1.76. The van der Waals surface area contributed by atoms with E-state index in [1.54, 1.807) is 43.3 Å². The molecule has 3 aromatic rings. The largest absolute Gasteiger partial charge is 0.497 e. The Morgan fingerprint density at radius 2 is 1.70 bits per heavy atom. The van der Waals surface area contributed by atoms with Crippen molar-refractivity contribution in [2.45, 2.75) is 6.92 Å². The molecule has 0 aliphatic rings. The Kier molecular flexibility index (Phi) is 5.46. The molecule has 0 aliphatic heterocycles. The minimum absolute atomic E-state index is 0.204. The topological polar surface area (TPSA) is 89.8 Å². The third-order valence-corrected chi connectivity index (χ3v) is 4.87. The van der Waals surface area contributed by atoms with Crippen LogP contribution in [0.25, 0.3) is 0 Å². The highest BCUT2D eigenvalue weighted by Crippen LogP contribution is 2.30. The van der Waals surface area contributed by atoms with Crippen LogP contribution in [0.2, 0.25) is 0 Å². The van der Waals surface area contributed by atoms with Crippen LogP contribution >= 0.6 is 11.3 Å². The number of furan rings is 1. The van der Waals surface area contributed by atoms with Crippen LogP contribution in [0.1, 0.15) is 25.8 Å². The van der Waals surface area contributed by atoms with Crippen LogP contribution in [0.15, 0.2) is 47.1 Å². The fourth-order valence-electron chi connectivity index (χ4n) is 2.42. The van der Waals surface area contributed by atoms with Crippen LogP contribution in [0.3, 0.4) is 0 Å². The molecule has 8 heteroatoms. The van der Waals surface area contributed by atoms with Crippen molar-refractivity contribution < 1.29 is 23.5 Å². The number of carbonyl (C=O) groups is 2. The number of hydrogen-bond acceptors (Lipinski definition) is 6. The van der Waals surface area contributed by atoms with Gasteiger partial charge in [0.25, 0.3) is 11.8 Å². The number of rotatable bonds is 6. The minimum Gasteiger partial charge on any atom is -0.497 e. The molecule has 27 heavy (non-hydrogen) atoms. The molecule has 2 amide bonds. The molecule has 2 heterocycles. The van der Waals surface area contributed by atoms with E-state index in [-0.39, 0.29) is 17.6 Å². The van der Waals surface area contributed by atoms with E-state index in [9.17, 15) is 9.59 Å². The first-order valence-corrected chi connectivity index (χ1v) is 8.81. The Labute approximate surface area is 159 Å². The summed E-state index contributed by atoms with van der Waals surface area (Å²) in [6.45, 7) is 1.81. The predicted molar refractivity (Wildman–Crippen MR) is 103 cm³/mol. The van der Waals surface area contributed by atoms with Crippen LogP contribution in [-0.2, 0) is 0 Å². The Morgan fingerprint density at radius 3 is 2.30 bits per heavy atom. The number of thiophene rings is 1. The Hall–Kier alpha value is -3.26. The van der Waals surface area contributed by atoms with E-state index in [4.69, 9.17) is 13.9 Å². The summed E-state index contributed by atoms with van der Waals surface area (Å²) in [5.74, 6) is 0.686. The van der Waals surface area contributed by atoms with Crippen LogP contribution in [0.5, 0.6) is 11.5 Å². The first-order valence-electron chi connectivity index (χ1n) is 8.00. The summed E-state index contributed by atoms with van der Waals surface area (Å²) >= 11 is 1.18. The second-order valence-electron chi connectivity index (χ2n) is 5.61. The van der Waals surface area contributed by atoms with E-state index in [0.29, 0.717) is 27.1 Å². The fourth-order valence-corrected chi connectivity index (χ4v) is 3.38. The molecule has 7 nitrogen and oxygen atoms in total. The predicted octanol–water partition coefficient (Wildman–Crippen LogP) is 4.17. The zero-order valence-corrected chi connectivity index (χ0v) is 15.8. The van der Waals surface area contributed by atoms with Crippen molar-refractivity contribution >= 4 is 33.8 Å². The van der Waals surface area contributed by atoms with Crippen molar-refractivity contribution in [2.75, 3.05) is 24.9 Å². The summed E-state index contributed by atoms with van der Waals surface area (Å²) in [5, 5.41) is 6.11. The molecule has 0 saturated heterocycles. The molecular weight excluding hydrogens is 368 g/mol. The third kappa shape index (κ3) is 4.29. The number of benzene rings is 1. The summed E-state index contributed by atoms with van der Waals surface area (Å²) in [5.41, 5.74) is 1.30. The van der Waals surface area contributed by atoms with E-state index < -0.39 is 0 Å². The lowest BCUT2D eigenvalue weighted by Crippen LogP contribution is -2.11. The van der Waals surface area contributed by atoms with E-state index in [1.807, 2.05) is 0 Å². The van der Waals surface area contributed by atoms with E-state index in [1.165, 1.54) is 31.8 Å². The lowest BCUT2D eigenvalue weighted by Gasteiger charge is -2.09. The van der Waals surface area contributed by atoms with Gasteiger partial charge in [-0.25, -0.2) is 0 Å². The summed E-state index contributed by atoms with van der Waals surface area (Å²) in [7, 11) is 3.08. The Morgan fingerprint density at radius 1 is 1.00 bits per heavy atom. The molecule has 0 aliphatic carbocycles.